The van der Waals surface area contributed by atoms with Crippen molar-refractivity contribution in [1.29, 1.82) is 5.26 Å². The highest BCUT2D eigenvalue weighted by Crippen LogP contribution is 2.21. The number of pyridine rings is 1. The van der Waals surface area contributed by atoms with Gasteiger partial charge in [-0.1, -0.05) is 0 Å². The number of nitrogens with zero attached hydrogens (tertiary/aromatic N) is 3. The molecule has 4 heteroatoms. The van der Waals surface area contributed by atoms with Gasteiger partial charge in [0.05, 0.1) is 17.2 Å². The molecule has 4 nitrogen and oxygen atoms in total. The minimum absolute atomic E-state index is 0.392. The summed E-state index contributed by atoms with van der Waals surface area (Å²) >= 11 is 0. The van der Waals surface area contributed by atoms with E-state index in [1.807, 2.05) is 0 Å². The van der Waals surface area contributed by atoms with E-state index >= 15 is 0 Å². The average molecular weight is 204 g/mol. The van der Waals surface area contributed by atoms with Crippen molar-refractivity contribution >= 4 is 5.69 Å². The second-order valence-corrected chi connectivity index (χ2v) is 3.83. The predicted octanol–water partition coefficient (Wildman–Crippen LogP) is 2.31. The van der Waals surface area contributed by atoms with Gasteiger partial charge >= 0.3 is 0 Å². The minimum Gasteiger partial charge on any atom is -0.253 e. The van der Waals surface area contributed by atoms with Crippen LogP contribution in [-0.4, -0.2) is 16.3 Å². The zero-order valence-corrected chi connectivity index (χ0v) is 9.19. The van der Waals surface area contributed by atoms with Gasteiger partial charge in [-0.25, -0.2) is 0 Å². The Morgan fingerprint density at radius 3 is 2.60 bits per heavy atom. The van der Waals surface area contributed by atoms with Crippen LogP contribution in [-0.2, 0) is 5.41 Å². The van der Waals surface area contributed by atoms with Crippen LogP contribution in [0.4, 0.5) is 5.69 Å². The second kappa shape index (κ2) is 4.18. The van der Waals surface area contributed by atoms with E-state index in [0.29, 0.717) is 17.9 Å². The maximum atomic E-state index is 11.3. The third-order valence-corrected chi connectivity index (χ3v) is 2.24. The van der Waals surface area contributed by atoms with Gasteiger partial charge < -0.3 is 0 Å². The summed E-state index contributed by atoms with van der Waals surface area (Å²) in [6, 6.07) is 5.58. The molecule has 0 aromatic carbocycles. The largest absolute Gasteiger partial charge is 0.274 e. The van der Waals surface area contributed by atoms with E-state index in [0.717, 1.165) is 4.76 Å². The molecule has 1 aromatic heterocycles. The van der Waals surface area contributed by atoms with E-state index in [9.17, 15) is 4.91 Å². The highest BCUT2D eigenvalue weighted by molar-refractivity contribution is 5.31. The zero-order valence-electron chi connectivity index (χ0n) is 9.19. The number of nitroso groups, excluding NO2 is 1. The fourth-order valence-corrected chi connectivity index (χ4v) is 1.14. The molecule has 0 amide bonds. The molecule has 0 saturated heterocycles. The molecule has 0 aliphatic rings. The van der Waals surface area contributed by atoms with Crippen LogP contribution in [0.15, 0.2) is 18.3 Å². The molecule has 1 heterocycles. The summed E-state index contributed by atoms with van der Waals surface area (Å²) in [6.45, 7) is 5.76. The van der Waals surface area contributed by atoms with Crippen molar-refractivity contribution in [3.8, 4) is 6.07 Å². The van der Waals surface area contributed by atoms with Gasteiger partial charge in [0.2, 0.25) is 0 Å². The van der Waals surface area contributed by atoms with Crippen molar-refractivity contribution in [3.05, 3.63) is 28.9 Å². The number of hydrogen-bond donors (Lipinski definition) is 0. The summed E-state index contributed by atoms with van der Waals surface area (Å²) in [7, 11) is 0. The molecule has 15 heavy (non-hydrogen) atoms. The summed E-state index contributed by atoms with van der Waals surface area (Å²) in [5.41, 5.74) is 0.589. The fraction of sp³-hybridized carbons (Fsp3) is 0.455. The highest BCUT2D eigenvalue weighted by Gasteiger charge is 2.22. The van der Waals surface area contributed by atoms with Crippen LogP contribution in [0.2, 0.25) is 0 Å². The summed E-state index contributed by atoms with van der Waals surface area (Å²) in [5, 5.41) is 8.91. The monoisotopic (exact) mass is 204 g/mol. The first-order valence-corrected chi connectivity index (χ1v) is 4.83. The molecule has 1 aromatic rings. The van der Waals surface area contributed by atoms with Crippen LogP contribution in [0.3, 0.4) is 0 Å². The van der Waals surface area contributed by atoms with E-state index < -0.39 is 5.41 Å². The topological polar surface area (TPSA) is 56.8 Å². The molecule has 1 rings (SSSR count). The van der Waals surface area contributed by atoms with E-state index in [-0.39, 0.29) is 0 Å². The van der Waals surface area contributed by atoms with Gasteiger partial charge in [0.1, 0.15) is 6.20 Å². The van der Waals surface area contributed by atoms with Crippen LogP contribution >= 0.6 is 0 Å². The van der Waals surface area contributed by atoms with Crippen molar-refractivity contribution in [2.75, 3.05) is 6.54 Å². The quantitative estimate of drug-likeness (QED) is 0.710. The van der Waals surface area contributed by atoms with Crippen LogP contribution in [0.25, 0.3) is 0 Å². The lowest BCUT2D eigenvalue weighted by atomic mass is 9.91. The number of hydrogen-bond acceptors (Lipinski definition) is 3. The number of aromatic nitrogens is 1. The van der Waals surface area contributed by atoms with Crippen LogP contribution in [0.1, 0.15) is 26.5 Å². The minimum atomic E-state index is -0.613. The third-order valence-electron chi connectivity index (χ3n) is 2.24. The van der Waals surface area contributed by atoms with Crippen molar-refractivity contribution in [2.45, 2.75) is 26.2 Å². The third kappa shape index (κ3) is 2.38. The van der Waals surface area contributed by atoms with Gasteiger partial charge in [0.15, 0.2) is 6.54 Å². The predicted molar refractivity (Wildman–Crippen MR) is 56.7 cm³/mol. The first-order chi connectivity index (χ1) is 7.01. The van der Waals surface area contributed by atoms with Gasteiger partial charge in [0.25, 0.3) is 5.69 Å². The molecule has 0 fully saturated rings. The molecule has 0 atom stereocenters. The lowest BCUT2D eigenvalue weighted by Crippen LogP contribution is -2.15. The van der Waals surface area contributed by atoms with Gasteiger partial charge in [0, 0.05) is 15.7 Å². The van der Waals surface area contributed by atoms with E-state index in [1.54, 1.807) is 32.9 Å². The zero-order chi connectivity index (χ0) is 11.5. The molecule has 78 valence electrons. The van der Waals surface area contributed by atoms with Gasteiger partial charge in [-0.3, -0.25) is 4.98 Å². The lowest BCUT2D eigenvalue weighted by Gasteiger charge is -2.13. The molecular formula is C11H14N3O+. The number of rotatable bonds is 3. The van der Waals surface area contributed by atoms with E-state index in [2.05, 4.69) is 11.1 Å². The Bertz CT molecular complexity index is 401. The smallest absolute Gasteiger partial charge is 0.253 e. The highest BCUT2D eigenvalue weighted by atomic mass is 16.3. The average Bonchev–Trinajstić information content (AvgIpc) is 2.28. The Morgan fingerprint density at radius 1 is 1.53 bits per heavy atom. The van der Waals surface area contributed by atoms with E-state index in [1.165, 1.54) is 6.20 Å². The molecule has 0 aliphatic heterocycles. The molecule has 0 N–H and O–H groups in total. The van der Waals surface area contributed by atoms with Gasteiger partial charge in [-0.2, -0.15) is 5.26 Å². The summed E-state index contributed by atoms with van der Waals surface area (Å²) in [5.74, 6) is 0. The van der Waals surface area contributed by atoms with Crippen molar-refractivity contribution in [2.24, 2.45) is 0 Å². The molecular weight excluding hydrogens is 190 g/mol. The maximum absolute atomic E-state index is 11.3. The standard InChI is InChI=1S/C11H14N3O/c1-4-14(15)9-5-6-10(13-7-9)11(2,3)8-12/h5-7H,4H2,1-3H3/q+1. The first-order valence-electron chi connectivity index (χ1n) is 4.83. The molecule has 0 spiro atoms. The summed E-state index contributed by atoms with van der Waals surface area (Å²) < 4.78 is 0.857. The second-order valence-electron chi connectivity index (χ2n) is 3.83. The normalized spacial score (nSPS) is 10.8. The Balaban J connectivity index is 3.01. The van der Waals surface area contributed by atoms with Crippen LogP contribution in [0, 0.1) is 16.2 Å². The lowest BCUT2D eigenvalue weighted by molar-refractivity contribution is -0.459. The van der Waals surface area contributed by atoms with Crippen molar-refractivity contribution in [1.82, 2.24) is 4.98 Å². The van der Waals surface area contributed by atoms with Crippen LogP contribution < -0.4 is 0 Å². The Hall–Kier alpha value is -1.76. The first kappa shape index (κ1) is 11.3. The molecule has 0 bridgehead atoms. The maximum Gasteiger partial charge on any atom is 0.274 e. The fourth-order valence-electron chi connectivity index (χ4n) is 1.14. The van der Waals surface area contributed by atoms with Gasteiger partial charge in [-0.15, -0.1) is 0 Å². The van der Waals surface area contributed by atoms with Crippen molar-refractivity contribution in [3.63, 3.8) is 0 Å². The molecule has 0 aliphatic carbocycles. The Morgan fingerprint density at radius 2 is 2.20 bits per heavy atom. The summed E-state index contributed by atoms with van der Waals surface area (Å²) in [4.78, 5) is 15.4. The van der Waals surface area contributed by atoms with Crippen molar-refractivity contribution < 1.29 is 4.76 Å². The Labute approximate surface area is 89.1 Å². The summed E-state index contributed by atoms with van der Waals surface area (Å²) in [6.07, 6.45) is 1.50. The molecule has 0 radical (unpaired) electrons. The molecule has 0 saturated carbocycles. The molecule has 0 unspecified atom stereocenters. The van der Waals surface area contributed by atoms with Gasteiger partial charge in [-0.05, 0) is 26.8 Å². The van der Waals surface area contributed by atoms with Crippen LogP contribution in [0.5, 0.6) is 0 Å². The Kier molecular flexibility index (Phi) is 3.15. The van der Waals surface area contributed by atoms with E-state index in [4.69, 9.17) is 5.26 Å². The number of nitriles is 1. The SMILES string of the molecule is CC[N+](=O)c1ccc(C(C)(C)C#N)nc1.